The van der Waals surface area contributed by atoms with Crippen molar-refractivity contribution in [1.29, 1.82) is 0 Å². The molecule has 0 atom stereocenters. The summed E-state index contributed by atoms with van der Waals surface area (Å²) in [5.74, 6) is 5.71. The van der Waals surface area contributed by atoms with Gasteiger partial charge in [-0.3, -0.25) is 5.43 Å². The molecule has 2 rings (SSSR count). The number of anilines is 1. The molecular weight excluding hydrogens is 232 g/mol. The topological polar surface area (TPSA) is 63.8 Å². The van der Waals surface area contributed by atoms with Crippen LogP contribution in [0.15, 0.2) is 40.4 Å². The van der Waals surface area contributed by atoms with Crippen LogP contribution in [-0.2, 0) is 0 Å². The van der Waals surface area contributed by atoms with Gasteiger partial charge in [0.1, 0.15) is 5.03 Å². The monoisotopic (exact) mass is 246 g/mol. The molecule has 3 N–H and O–H groups in total. The zero-order valence-corrected chi connectivity index (χ0v) is 10.6. The van der Waals surface area contributed by atoms with Gasteiger partial charge in [-0.25, -0.2) is 15.8 Å². The number of nitrogens with two attached hydrogens (primary N) is 1. The molecule has 0 bridgehead atoms. The zero-order valence-electron chi connectivity index (χ0n) is 9.77. The quantitative estimate of drug-likeness (QED) is 0.495. The smallest absolute Gasteiger partial charge is 0.238 e. The molecule has 0 spiro atoms. The molecule has 88 valence electrons. The average molecular weight is 246 g/mol. The highest BCUT2D eigenvalue weighted by Crippen LogP contribution is 2.29. The number of nitrogens with zero attached hydrogens (tertiary/aromatic N) is 2. The van der Waals surface area contributed by atoms with Gasteiger partial charge in [-0.05, 0) is 31.5 Å². The molecule has 0 aliphatic carbocycles. The summed E-state index contributed by atoms with van der Waals surface area (Å²) in [5.41, 5.74) is 4.95. The van der Waals surface area contributed by atoms with Crippen LogP contribution in [0.1, 0.15) is 11.1 Å². The minimum atomic E-state index is 0.430. The van der Waals surface area contributed by atoms with E-state index >= 15 is 0 Å². The van der Waals surface area contributed by atoms with E-state index in [0.717, 1.165) is 5.03 Å². The molecule has 0 fully saturated rings. The Bertz CT molecular complexity index is 528. The molecule has 4 nitrogen and oxygen atoms in total. The lowest BCUT2D eigenvalue weighted by atomic mass is 10.2. The molecule has 0 saturated heterocycles. The third-order valence-corrected chi connectivity index (χ3v) is 3.42. The molecule has 5 heteroatoms. The van der Waals surface area contributed by atoms with Crippen molar-refractivity contribution >= 4 is 17.7 Å². The van der Waals surface area contributed by atoms with E-state index in [0.29, 0.717) is 5.95 Å². The molecule has 0 unspecified atom stereocenters. The molecule has 0 saturated carbocycles. The predicted molar refractivity (Wildman–Crippen MR) is 69.9 cm³/mol. The second-order valence-corrected chi connectivity index (χ2v) is 4.80. The van der Waals surface area contributed by atoms with E-state index in [-0.39, 0.29) is 0 Å². The van der Waals surface area contributed by atoms with Gasteiger partial charge in [0.15, 0.2) is 0 Å². The fourth-order valence-electron chi connectivity index (χ4n) is 1.50. The van der Waals surface area contributed by atoms with Crippen LogP contribution >= 0.6 is 11.8 Å². The highest BCUT2D eigenvalue weighted by atomic mass is 32.2. The Labute approximate surface area is 105 Å². The summed E-state index contributed by atoms with van der Waals surface area (Å²) < 4.78 is 0. The largest absolute Gasteiger partial charge is 0.292 e. The van der Waals surface area contributed by atoms with Crippen molar-refractivity contribution in [2.75, 3.05) is 5.43 Å². The summed E-state index contributed by atoms with van der Waals surface area (Å²) in [6.07, 6.45) is 1.69. The lowest BCUT2D eigenvalue weighted by molar-refractivity contribution is 1.03. The van der Waals surface area contributed by atoms with Gasteiger partial charge in [0, 0.05) is 11.1 Å². The standard InChI is InChI=1S/C12H14N4S/c1-8-3-4-10(9(2)7-8)17-11-5-6-14-12(15-11)16-13/h3-7H,13H2,1-2H3,(H,14,15,16). The summed E-state index contributed by atoms with van der Waals surface area (Å²) in [4.78, 5) is 9.43. The van der Waals surface area contributed by atoms with Crippen LogP contribution in [0.25, 0.3) is 0 Å². The van der Waals surface area contributed by atoms with Crippen molar-refractivity contribution in [3.8, 4) is 0 Å². The summed E-state index contributed by atoms with van der Waals surface area (Å²) in [6.45, 7) is 4.18. The summed E-state index contributed by atoms with van der Waals surface area (Å²) >= 11 is 1.61. The Morgan fingerprint density at radius 3 is 2.76 bits per heavy atom. The number of aromatic nitrogens is 2. The number of hydrogen-bond donors (Lipinski definition) is 2. The Morgan fingerprint density at radius 1 is 1.24 bits per heavy atom. The second kappa shape index (κ2) is 5.16. The number of nitrogens with one attached hydrogen (secondary N) is 1. The average Bonchev–Trinajstić information content (AvgIpc) is 2.33. The lowest BCUT2D eigenvalue weighted by Crippen LogP contribution is -2.10. The van der Waals surface area contributed by atoms with E-state index in [4.69, 9.17) is 5.84 Å². The summed E-state index contributed by atoms with van der Waals surface area (Å²) in [6, 6.07) is 8.22. The molecule has 0 aliphatic heterocycles. The Kier molecular flexibility index (Phi) is 3.61. The van der Waals surface area contributed by atoms with E-state index < -0.39 is 0 Å². The van der Waals surface area contributed by atoms with Crippen molar-refractivity contribution in [2.45, 2.75) is 23.8 Å². The van der Waals surface area contributed by atoms with Gasteiger partial charge in [-0.2, -0.15) is 0 Å². The van der Waals surface area contributed by atoms with Crippen molar-refractivity contribution in [2.24, 2.45) is 5.84 Å². The highest BCUT2D eigenvalue weighted by molar-refractivity contribution is 7.99. The van der Waals surface area contributed by atoms with Crippen molar-refractivity contribution < 1.29 is 0 Å². The first-order chi connectivity index (χ1) is 8.19. The molecular formula is C12H14N4S. The first-order valence-corrected chi connectivity index (χ1v) is 6.05. The number of hydrogen-bond acceptors (Lipinski definition) is 5. The molecule has 0 aliphatic rings. The molecule has 0 amide bonds. The van der Waals surface area contributed by atoms with E-state index in [9.17, 15) is 0 Å². The predicted octanol–water partition coefficient (Wildman–Crippen LogP) is 2.53. The van der Waals surface area contributed by atoms with Crippen molar-refractivity contribution in [3.63, 3.8) is 0 Å². The van der Waals surface area contributed by atoms with Gasteiger partial charge < -0.3 is 0 Å². The lowest BCUT2D eigenvalue weighted by Gasteiger charge is -2.06. The fourth-order valence-corrected chi connectivity index (χ4v) is 2.34. The number of nitrogen functional groups attached to an aromatic ring is 1. The maximum absolute atomic E-state index is 5.28. The van der Waals surface area contributed by atoms with E-state index in [1.165, 1.54) is 16.0 Å². The maximum atomic E-state index is 5.28. The van der Waals surface area contributed by atoms with E-state index in [1.807, 2.05) is 6.07 Å². The third-order valence-electron chi connectivity index (χ3n) is 2.30. The van der Waals surface area contributed by atoms with Crippen LogP contribution < -0.4 is 11.3 Å². The van der Waals surface area contributed by atoms with Crippen LogP contribution in [0.2, 0.25) is 0 Å². The number of rotatable bonds is 3. The number of aryl methyl sites for hydroxylation is 2. The zero-order chi connectivity index (χ0) is 12.3. The van der Waals surface area contributed by atoms with E-state index in [1.54, 1.807) is 18.0 Å². The second-order valence-electron chi connectivity index (χ2n) is 3.73. The van der Waals surface area contributed by atoms with Crippen LogP contribution in [0.5, 0.6) is 0 Å². The van der Waals surface area contributed by atoms with Gasteiger partial charge in [-0.1, -0.05) is 29.5 Å². The summed E-state index contributed by atoms with van der Waals surface area (Å²) in [7, 11) is 0. The minimum absolute atomic E-state index is 0.430. The van der Waals surface area contributed by atoms with Gasteiger partial charge >= 0.3 is 0 Å². The molecule has 17 heavy (non-hydrogen) atoms. The van der Waals surface area contributed by atoms with E-state index in [2.05, 4.69) is 47.4 Å². The maximum Gasteiger partial charge on any atom is 0.238 e. The number of hydrazine groups is 1. The molecule has 2 aromatic rings. The van der Waals surface area contributed by atoms with Gasteiger partial charge in [-0.15, -0.1) is 0 Å². The highest BCUT2D eigenvalue weighted by Gasteiger charge is 2.03. The van der Waals surface area contributed by atoms with Crippen LogP contribution in [-0.4, -0.2) is 9.97 Å². The Balaban J connectivity index is 2.25. The first kappa shape index (κ1) is 11.9. The van der Waals surface area contributed by atoms with Gasteiger partial charge in [0.2, 0.25) is 5.95 Å². The minimum Gasteiger partial charge on any atom is -0.292 e. The Morgan fingerprint density at radius 2 is 2.06 bits per heavy atom. The number of benzene rings is 1. The first-order valence-electron chi connectivity index (χ1n) is 5.24. The molecule has 1 aromatic carbocycles. The molecule has 1 heterocycles. The molecule has 0 radical (unpaired) electrons. The van der Waals surface area contributed by atoms with Gasteiger partial charge in [0.25, 0.3) is 0 Å². The van der Waals surface area contributed by atoms with Crippen LogP contribution in [0.3, 0.4) is 0 Å². The Hall–Kier alpha value is -1.59. The summed E-state index contributed by atoms with van der Waals surface area (Å²) in [5, 5.41) is 0.875. The fraction of sp³-hybridized carbons (Fsp3) is 0.167. The third kappa shape index (κ3) is 2.95. The van der Waals surface area contributed by atoms with Gasteiger partial charge in [0.05, 0.1) is 0 Å². The van der Waals surface area contributed by atoms with Crippen LogP contribution in [0, 0.1) is 13.8 Å². The molecule has 1 aromatic heterocycles. The van der Waals surface area contributed by atoms with Crippen LogP contribution in [0.4, 0.5) is 5.95 Å². The SMILES string of the molecule is Cc1ccc(Sc2ccnc(NN)n2)c(C)c1. The van der Waals surface area contributed by atoms with Crippen molar-refractivity contribution in [1.82, 2.24) is 9.97 Å². The normalized spacial score (nSPS) is 10.3. The van der Waals surface area contributed by atoms with Crippen molar-refractivity contribution in [3.05, 3.63) is 41.6 Å².